The highest BCUT2D eigenvalue weighted by atomic mass is 35.5. The standard InChI is InChI=1S/C28H29Cl2N3O4S/c1-28(2,3)37-27(36)33-23(26(34)35)12-16-9-10-21-18(11-16)24(38-17-7-5-4-6-8-17)13-22(32-21)25-19(29)14-31-15-20(25)30/h4-11,14-15,22-24,32H,12-13H2,1-3H3,(H,33,36)(H,34,35)/t22?,23-,24?/m0/s1. The Kier molecular flexibility index (Phi) is 8.75. The molecule has 0 bridgehead atoms. The Balaban J connectivity index is 1.63. The number of carbonyl (C=O) groups is 2. The number of amides is 1. The summed E-state index contributed by atoms with van der Waals surface area (Å²) in [6.07, 6.45) is 3.21. The van der Waals surface area contributed by atoms with E-state index in [0.717, 1.165) is 27.3 Å². The number of nitrogens with zero attached hydrogens (tertiary/aromatic N) is 1. The molecule has 10 heteroatoms. The predicted molar refractivity (Wildman–Crippen MR) is 151 cm³/mol. The zero-order valence-corrected chi connectivity index (χ0v) is 23.5. The number of benzene rings is 2. The van der Waals surface area contributed by atoms with Crippen LogP contribution in [0.1, 0.15) is 55.2 Å². The Hall–Kier alpha value is -2.94. The summed E-state index contributed by atoms with van der Waals surface area (Å²) in [7, 11) is 0. The van der Waals surface area contributed by atoms with E-state index in [1.807, 2.05) is 36.4 Å². The summed E-state index contributed by atoms with van der Waals surface area (Å²) in [4.78, 5) is 29.4. The van der Waals surface area contributed by atoms with Crippen molar-refractivity contribution in [2.75, 3.05) is 5.32 Å². The normalized spacial score (nSPS) is 17.6. The van der Waals surface area contributed by atoms with Gasteiger partial charge in [0.1, 0.15) is 11.6 Å². The van der Waals surface area contributed by atoms with Crippen LogP contribution in [0.25, 0.3) is 0 Å². The molecule has 0 radical (unpaired) electrons. The number of aromatic nitrogens is 1. The minimum absolute atomic E-state index is 0.0287. The quantitative estimate of drug-likeness (QED) is 0.272. The molecule has 3 aromatic rings. The van der Waals surface area contributed by atoms with E-state index in [1.54, 1.807) is 44.9 Å². The topological polar surface area (TPSA) is 101 Å². The van der Waals surface area contributed by atoms with Crippen LogP contribution in [0.2, 0.25) is 10.0 Å². The van der Waals surface area contributed by atoms with Gasteiger partial charge in [0.05, 0.1) is 16.1 Å². The number of anilines is 1. The molecule has 1 aliphatic rings. The number of nitrogens with one attached hydrogen (secondary N) is 2. The van der Waals surface area contributed by atoms with Crippen LogP contribution in [-0.2, 0) is 16.0 Å². The lowest BCUT2D eigenvalue weighted by Crippen LogP contribution is -2.44. The average Bonchev–Trinajstić information content (AvgIpc) is 2.83. The van der Waals surface area contributed by atoms with Crippen LogP contribution in [0.3, 0.4) is 0 Å². The van der Waals surface area contributed by atoms with Crippen LogP contribution < -0.4 is 10.6 Å². The molecule has 200 valence electrons. The second-order valence-electron chi connectivity index (χ2n) is 10.0. The highest BCUT2D eigenvalue weighted by Crippen LogP contribution is 2.50. The molecule has 0 fully saturated rings. The number of ether oxygens (including phenoxy) is 1. The van der Waals surface area contributed by atoms with Gasteiger partial charge in [0, 0.05) is 40.2 Å². The van der Waals surface area contributed by atoms with Crippen molar-refractivity contribution in [3.63, 3.8) is 0 Å². The van der Waals surface area contributed by atoms with Gasteiger partial charge in [-0.3, -0.25) is 4.98 Å². The van der Waals surface area contributed by atoms with Gasteiger partial charge >= 0.3 is 12.1 Å². The number of rotatable bonds is 7. The summed E-state index contributed by atoms with van der Waals surface area (Å²) < 4.78 is 5.25. The molecule has 0 spiro atoms. The van der Waals surface area contributed by atoms with Gasteiger partial charge < -0.3 is 20.5 Å². The summed E-state index contributed by atoms with van der Waals surface area (Å²) >= 11 is 14.7. The maximum atomic E-state index is 12.2. The van der Waals surface area contributed by atoms with Crippen molar-refractivity contribution in [1.29, 1.82) is 0 Å². The number of carboxylic acid groups (broad SMARTS) is 1. The molecule has 4 rings (SSSR count). The minimum Gasteiger partial charge on any atom is -0.480 e. The van der Waals surface area contributed by atoms with Crippen molar-refractivity contribution in [3.05, 3.63) is 87.7 Å². The largest absolute Gasteiger partial charge is 0.480 e. The first kappa shape index (κ1) is 28.1. The van der Waals surface area contributed by atoms with Crippen molar-refractivity contribution in [1.82, 2.24) is 10.3 Å². The molecule has 0 saturated carbocycles. The van der Waals surface area contributed by atoms with E-state index in [9.17, 15) is 14.7 Å². The molecule has 1 aliphatic heterocycles. The van der Waals surface area contributed by atoms with Gasteiger partial charge in [0.15, 0.2) is 0 Å². The maximum absolute atomic E-state index is 12.2. The van der Waals surface area contributed by atoms with Crippen molar-refractivity contribution < 1.29 is 19.4 Å². The van der Waals surface area contributed by atoms with E-state index in [4.69, 9.17) is 27.9 Å². The van der Waals surface area contributed by atoms with Gasteiger partial charge in [-0.2, -0.15) is 0 Å². The van der Waals surface area contributed by atoms with Gasteiger partial charge in [-0.1, -0.05) is 53.5 Å². The third-order valence-electron chi connectivity index (χ3n) is 5.93. The third-order valence-corrected chi connectivity index (χ3v) is 7.81. The summed E-state index contributed by atoms with van der Waals surface area (Å²) in [5.41, 5.74) is 2.80. The second-order valence-corrected chi connectivity index (χ2v) is 12.1. The molecule has 2 heterocycles. The minimum atomic E-state index is -1.14. The lowest BCUT2D eigenvalue weighted by atomic mass is 9.91. The van der Waals surface area contributed by atoms with Crippen LogP contribution in [0.5, 0.6) is 0 Å². The van der Waals surface area contributed by atoms with E-state index in [0.29, 0.717) is 16.5 Å². The van der Waals surface area contributed by atoms with Gasteiger partial charge in [-0.25, -0.2) is 9.59 Å². The van der Waals surface area contributed by atoms with Crippen LogP contribution in [0, 0.1) is 0 Å². The van der Waals surface area contributed by atoms with E-state index < -0.39 is 23.7 Å². The molecule has 7 nitrogen and oxygen atoms in total. The molecule has 3 atom stereocenters. The summed E-state index contributed by atoms with van der Waals surface area (Å²) in [5.74, 6) is -1.14. The Labute approximate surface area is 236 Å². The molecule has 0 saturated heterocycles. The van der Waals surface area contributed by atoms with Gasteiger partial charge in [0.25, 0.3) is 0 Å². The monoisotopic (exact) mass is 573 g/mol. The Morgan fingerprint density at radius 1 is 1.16 bits per heavy atom. The van der Waals surface area contributed by atoms with Crippen LogP contribution in [-0.4, -0.2) is 33.8 Å². The second kappa shape index (κ2) is 11.8. The number of halogens is 2. The lowest BCUT2D eigenvalue weighted by molar-refractivity contribution is -0.139. The van der Waals surface area contributed by atoms with Crippen molar-refractivity contribution in [2.45, 2.75) is 61.4 Å². The van der Waals surface area contributed by atoms with Crippen LogP contribution in [0.4, 0.5) is 10.5 Å². The molecule has 2 unspecified atom stereocenters. The highest BCUT2D eigenvalue weighted by molar-refractivity contribution is 7.99. The molecule has 2 aromatic carbocycles. The Morgan fingerprint density at radius 2 is 1.84 bits per heavy atom. The first-order valence-electron chi connectivity index (χ1n) is 12.1. The lowest BCUT2D eigenvalue weighted by Gasteiger charge is -2.34. The molecule has 3 N–H and O–H groups in total. The zero-order valence-electron chi connectivity index (χ0n) is 21.2. The fourth-order valence-corrected chi connectivity index (χ4v) is 6.21. The summed E-state index contributed by atoms with van der Waals surface area (Å²) in [6.45, 7) is 5.18. The number of pyridine rings is 1. The average molecular weight is 575 g/mol. The van der Waals surface area contributed by atoms with Gasteiger partial charge in [0.2, 0.25) is 0 Å². The van der Waals surface area contributed by atoms with E-state index in [-0.39, 0.29) is 17.7 Å². The number of fused-ring (bicyclic) bond motifs is 1. The smallest absolute Gasteiger partial charge is 0.408 e. The molecule has 0 aliphatic carbocycles. The van der Waals surface area contributed by atoms with Crippen molar-refractivity contribution in [3.8, 4) is 0 Å². The SMILES string of the molecule is CC(C)(C)OC(=O)N[C@@H](Cc1ccc2c(c1)C(Sc1ccccc1)CC(c1c(Cl)cncc1Cl)N2)C(=O)O. The van der Waals surface area contributed by atoms with Gasteiger partial charge in [-0.05, 0) is 56.5 Å². The van der Waals surface area contributed by atoms with E-state index >= 15 is 0 Å². The third kappa shape index (κ3) is 7.12. The van der Waals surface area contributed by atoms with Crippen molar-refractivity contribution >= 4 is 52.7 Å². The number of alkyl carbamates (subject to hydrolysis) is 1. The number of thioether (sulfide) groups is 1. The Morgan fingerprint density at radius 3 is 2.47 bits per heavy atom. The maximum Gasteiger partial charge on any atom is 0.408 e. The molecule has 1 aromatic heterocycles. The highest BCUT2D eigenvalue weighted by Gasteiger charge is 2.32. The molecule has 1 amide bonds. The molecule has 38 heavy (non-hydrogen) atoms. The summed E-state index contributed by atoms with van der Waals surface area (Å²) in [5, 5.41) is 16.8. The first-order valence-corrected chi connectivity index (χ1v) is 13.8. The summed E-state index contributed by atoms with van der Waals surface area (Å²) in [6, 6.07) is 14.6. The first-order chi connectivity index (χ1) is 18.0. The number of aliphatic carboxylic acids is 1. The molecular formula is C28H29Cl2N3O4S. The number of carboxylic acids is 1. The predicted octanol–water partition coefficient (Wildman–Crippen LogP) is 7.30. The number of hydrogen-bond acceptors (Lipinski definition) is 6. The van der Waals surface area contributed by atoms with Crippen LogP contribution in [0.15, 0.2) is 65.8 Å². The van der Waals surface area contributed by atoms with Crippen molar-refractivity contribution in [2.24, 2.45) is 0 Å². The number of hydrogen-bond donors (Lipinski definition) is 3. The van der Waals surface area contributed by atoms with Crippen LogP contribution >= 0.6 is 35.0 Å². The molecular weight excluding hydrogens is 545 g/mol. The number of carbonyl (C=O) groups excluding carboxylic acids is 1. The Bertz CT molecular complexity index is 1300. The van der Waals surface area contributed by atoms with E-state index in [1.165, 1.54) is 0 Å². The van der Waals surface area contributed by atoms with E-state index in [2.05, 4.69) is 27.8 Å². The fraction of sp³-hybridized carbons (Fsp3) is 0.321. The van der Waals surface area contributed by atoms with Gasteiger partial charge in [-0.15, -0.1) is 11.8 Å². The zero-order chi connectivity index (χ0) is 27.4. The fourth-order valence-electron chi connectivity index (χ4n) is 4.33.